The molecule has 0 aliphatic carbocycles. The van der Waals surface area contributed by atoms with Gasteiger partial charge >= 0.3 is 7.82 Å². The van der Waals surface area contributed by atoms with E-state index in [0.29, 0.717) is 17.4 Å². The number of rotatable bonds is 77. The Bertz CT molecular complexity index is 1770. The Morgan fingerprint density at radius 3 is 0.936 bits per heavy atom. The number of hydrogen-bond acceptors (Lipinski definition) is 5. The highest BCUT2D eigenvalue weighted by atomic mass is 31.2. The molecule has 0 aromatic rings. The number of aliphatic hydroxyl groups is 1. The molecule has 0 radical (unpaired) electrons. The maximum absolute atomic E-state index is 13.1. The molecule has 0 aromatic heterocycles. The topological polar surface area (TPSA) is 105 Å². The van der Waals surface area contributed by atoms with Gasteiger partial charge in [-0.3, -0.25) is 13.8 Å². The van der Waals surface area contributed by atoms with Gasteiger partial charge in [-0.25, -0.2) is 4.57 Å². The first kappa shape index (κ1) is 91.9. The fourth-order valence-corrected chi connectivity index (χ4v) is 13.3. The second-order valence-electron chi connectivity index (χ2n) is 29.5. The molecule has 552 valence electrons. The van der Waals surface area contributed by atoms with Crippen LogP contribution in [0.5, 0.6) is 0 Å². The fourth-order valence-electron chi connectivity index (χ4n) is 12.6. The monoisotopic (exact) mass is 1340 g/mol. The third-order valence-corrected chi connectivity index (χ3v) is 19.9. The van der Waals surface area contributed by atoms with Crippen LogP contribution in [0, 0.1) is 0 Å². The van der Waals surface area contributed by atoms with Crippen LogP contribution in [0.4, 0.5) is 0 Å². The molecule has 0 fully saturated rings. The Kier molecular flexibility index (Phi) is 73.5. The lowest BCUT2D eigenvalue weighted by molar-refractivity contribution is -0.870. The zero-order valence-corrected chi connectivity index (χ0v) is 64.4. The van der Waals surface area contributed by atoms with Crippen LogP contribution in [-0.2, 0) is 18.4 Å². The van der Waals surface area contributed by atoms with Gasteiger partial charge in [0.15, 0.2) is 0 Å². The van der Waals surface area contributed by atoms with Crippen LogP contribution in [0.3, 0.4) is 0 Å². The van der Waals surface area contributed by atoms with Crippen molar-refractivity contribution in [2.75, 3.05) is 40.9 Å². The average molecular weight is 1340 g/mol. The quantitative estimate of drug-likeness (QED) is 0.0243. The molecule has 0 saturated carbocycles. The summed E-state index contributed by atoms with van der Waals surface area (Å²) in [4.78, 5) is 23.5. The van der Waals surface area contributed by atoms with Crippen LogP contribution >= 0.6 is 7.82 Å². The molecule has 9 heteroatoms. The van der Waals surface area contributed by atoms with E-state index in [-0.39, 0.29) is 19.1 Å². The predicted molar refractivity (Wildman–Crippen MR) is 415 cm³/mol. The van der Waals surface area contributed by atoms with Gasteiger partial charge in [-0.15, -0.1) is 0 Å². The first-order valence-corrected chi connectivity index (χ1v) is 42.8. The van der Waals surface area contributed by atoms with Crippen molar-refractivity contribution in [3.05, 3.63) is 72.9 Å². The number of likely N-dealkylation sites (N-methyl/N-ethyl adjacent to an activating group) is 1. The highest BCUT2D eigenvalue weighted by Gasteiger charge is 2.28. The van der Waals surface area contributed by atoms with E-state index in [0.717, 1.165) is 64.2 Å². The van der Waals surface area contributed by atoms with E-state index in [4.69, 9.17) is 9.05 Å². The van der Waals surface area contributed by atoms with Gasteiger partial charge in [0, 0.05) is 6.42 Å². The van der Waals surface area contributed by atoms with Crippen molar-refractivity contribution < 1.29 is 32.9 Å². The molecule has 8 nitrogen and oxygen atoms in total. The second kappa shape index (κ2) is 75.1. The zero-order valence-electron chi connectivity index (χ0n) is 63.5. The summed E-state index contributed by atoms with van der Waals surface area (Å²) >= 11 is 0. The standard InChI is InChI=1S/C85H161N2O6P/c1-6-8-10-12-14-16-18-20-22-24-26-28-30-32-34-36-38-39-40-41-42-43-44-45-46-47-49-51-53-55-57-59-61-63-65-67-69-71-73-75-77-79-85(89)86-83(82-93-94(90,91)92-81-80-87(3,4)5)84(88)78-76-74-72-70-68-66-64-62-60-58-56-54-52-50-48-37-35-33-31-29-27-25-23-21-19-17-15-13-11-9-7-2/h8,10,14,16,20,22,26,28,32,34,76,78,83-84,88H,6-7,9,11-13,15,17-19,21,23-25,27,29-31,33,35-75,77,79-82H2,1-5H3,(H-,86,89,90,91)/p+1/b10-8-,16-14-,22-20-,28-26-,34-32-,78-76+. The summed E-state index contributed by atoms with van der Waals surface area (Å²) in [5.74, 6) is -0.169. The van der Waals surface area contributed by atoms with E-state index in [9.17, 15) is 19.4 Å². The number of allylic oxidation sites excluding steroid dienone is 11. The number of amides is 1. The van der Waals surface area contributed by atoms with Gasteiger partial charge in [0.25, 0.3) is 0 Å². The van der Waals surface area contributed by atoms with Crippen LogP contribution in [0.1, 0.15) is 412 Å². The first-order valence-electron chi connectivity index (χ1n) is 41.3. The van der Waals surface area contributed by atoms with Crippen LogP contribution in [0.2, 0.25) is 0 Å². The van der Waals surface area contributed by atoms with Crippen molar-refractivity contribution in [3.8, 4) is 0 Å². The molecule has 0 bridgehead atoms. The van der Waals surface area contributed by atoms with E-state index in [1.165, 1.54) is 327 Å². The van der Waals surface area contributed by atoms with Crippen molar-refractivity contribution in [2.45, 2.75) is 424 Å². The van der Waals surface area contributed by atoms with E-state index in [1.807, 2.05) is 27.2 Å². The largest absolute Gasteiger partial charge is 0.472 e. The number of carbonyl (C=O) groups is 1. The number of aliphatic hydroxyl groups excluding tert-OH is 1. The van der Waals surface area contributed by atoms with Crippen LogP contribution in [0.25, 0.3) is 0 Å². The van der Waals surface area contributed by atoms with Crippen LogP contribution in [0.15, 0.2) is 72.9 Å². The number of phosphoric acid groups is 1. The van der Waals surface area contributed by atoms with Crippen LogP contribution < -0.4 is 5.32 Å². The van der Waals surface area contributed by atoms with Crippen LogP contribution in [-0.4, -0.2) is 73.4 Å². The maximum Gasteiger partial charge on any atom is 0.472 e. The summed E-state index contributed by atoms with van der Waals surface area (Å²) in [6.07, 6.45) is 107. The molecular formula is C85H162N2O6P+. The number of phosphoric ester groups is 1. The first-order chi connectivity index (χ1) is 46.0. The molecule has 94 heavy (non-hydrogen) atoms. The van der Waals surface area contributed by atoms with Crippen molar-refractivity contribution in [1.29, 1.82) is 0 Å². The van der Waals surface area contributed by atoms with Gasteiger partial charge in [0.2, 0.25) is 5.91 Å². The minimum atomic E-state index is -4.36. The number of nitrogens with one attached hydrogen (secondary N) is 1. The van der Waals surface area contributed by atoms with Gasteiger partial charge in [0.05, 0.1) is 39.9 Å². The molecule has 0 aliphatic heterocycles. The third-order valence-electron chi connectivity index (χ3n) is 18.9. The average Bonchev–Trinajstić information content (AvgIpc) is 1.77. The summed E-state index contributed by atoms with van der Waals surface area (Å²) < 4.78 is 23.9. The minimum absolute atomic E-state index is 0.0629. The lowest BCUT2D eigenvalue weighted by Crippen LogP contribution is -2.45. The summed E-state index contributed by atoms with van der Waals surface area (Å²) in [6.45, 7) is 4.76. The molecule has 0 aromatic carbocycles. The molecule has 0 heterocycles. The van der Waals surface area contributed by atoms with Gasteiger partial charge in [-0.05, 0) is 64.2 Å². The molecule has 0 saturated heterocycles. The van der Waals surface area contributed by atoms with Gasteiger partial charge in [0.1, 0.15) is 13.2 Å². The molecule has 0 spiro atoms. The molecule has 1 amide bonds. The Balaban J connectivity index is 3.92. The van der Waals surface area contributed by atoms with Gasteiger partial charge in [-0.1, -0.05) is 414 Å². The molecular weight excluding hydrogens is 1180 g/mol. The highest BCUT2D eigenvalue weighted by Crippen LogP contribution is 2.43. The Morgan fingerprint density at radius 2 is 0.638 bits per heavy atom. The highest BCUT2D eigenvalue weighted by molar-refractivity contribution is 7.47. The SMILES string of the molecule is CC/C=C\C/C=C\C/C=C\C/C=C\C/C=C\CCCCCCCCCCCCCCCCCCCCCCCCCCCC(=O)NC(COP(=O)(O)OCC[N+](C)(C)C)C(O)/C=C/CCCCCCCCCCCCCCCCCCCCCCCCCCCCCCC. The summed E-state index contributed by atoms with van der Waals surface area (Å²) in [6, 6.07) is -0.849. The van der Waals surface area contributed by atoms with E-state index >= 15 is 0 Å². The molecule has 0 aliphatic rings. The van der Waals surface area contributed by atoms with E-state index in [1.54, 1.807) is 6.08 Å². The van der Waals surface area contributed by atoms with E-state index in [2.05, 4.69) is 79.9 Å². The zero-order chi connectivity index (χ0) is 68.3. The van der Waals surface area contributed by atoms with Crippen molar-refractivity contribution in [3.63, 3.8) is 0 Å². The molecule has 0 rings (SSSR count). The molecule has 3 N–H and O–H groups in total. The number of hydrogen-bond donors (Lipinski definition) is 3. The number of unbranched alkanes of at least 4 members (excludes halogenated alkanes) is 54. The smallest absolute Gasteiger partial charge is 0.387 e. The normalized spacial score (nSPS) is 13.8. The Hall–Kier alpha value is -2.06. The summed E-state index contributed by atoms with van der Waals surface area (Å²) in [5, 5.41) is 14.1. The molecule has 3 unspecified atom stereocenters. The fraction of sp³-hybridized carbons (Fsp3) is 0.847. The summed E-state index contributed by atoms with van der Waals surface area (Å²) in [7, 11) is 1.59. The maximum atomic E-state index is 13.1. The predicted octanol–water partition coefficient (Wildman–Crippen LogP) is 27.2. The van der Waals surface area contributed by atoms with Crippen molar-refractivity contribution >= 4 is 13.7 Å². The second-order valence-corrected chi connectivity index (χ2v) is 30.9. The number of carbonyl (C=O) groups excluding carboxylic acids is 1. The Morgan fingerprint density at radius 1 is 0.372 bits per heavy atom. The summed E-state index contributed by atoms with van der Waals surface area (Å²) in [5.41, 5.74) is 0. The van der Waals surface area contributed by atoms with Gasteiger partial charge in [-0.2, -0.15) is 0 Å². The molecule has 3 atom stereocenters. The van der Waals surface area contributed by atoms with Gasteiger partial charge < -0.3 is 19.8 Å². The third kappa shape index (κ3) is 77.3. The Labute approximate surface area is 586 Å². The lowest BCUT2D eigenvalue weighted by atomic mass is 10.0. The number of nitrogens with zero attached hydrogens (tertiary/aromatic N) is 1. The van der Waals surface area contributed by atoms with E-state index < -0.39 is 20.0 Å². The van der Waals surface area contributed by atoms with Crippen molar-refractivity contribution in [1.82, 2.24) is 5.32 Å². The number of quaternary nitrogens is 1. The lowest BCUT2D eigenvalue weighted by Gasteiger charge is -2.25. The minimum Gasteiger partial charge on any atom is -0.387 e. The van der Waals surface area contributed by atoms with Crippen molar-refractivity contribution in [2.24, 2.45) is 0 Å².